The van der Waals surface area contributed by atoms with Crippen molar-refractivity contribution in [3.8, 4) is 0 Å². The van der Waals surface area contributed by atoms with Crippen LogP contribution in [0.25, 0.3) is 0 Å². The third kappa shape index (κ3) is 3.90. The molecule has 3 fully saturated rings. The van der Waals surface area contributed by atoms with E-state index in [1.165, 1.54) is 0 Å². The zero-order chi connectivity index (χ0) is 19.7. The first-order valence-electron chi connectivity index (χ1n) is 10.4. The Morgan fingerprint density at radius 3 is 2.75 bits per heavy atom. The molecule has 0 N–H and O–H groups in total. The molecule has 152 valence electrons. The molecule has 1 atom stereocenters. The minimum atomic E-state index is 0.0236. The van der Waals surface area contributed by atoms with Gasteiger partial charge in [0.25, 0.3) is 5.91 Å². The number of aromatic nitrogens is 2. The van der Waals surface area contributed by atoms with Crippen molar-refractivity contribution in [1.29, 1.82) is 0 Å². The lowest BCUT2D eigenvalue weighted by Gasteiger charge is -2.47. The topological polar surface area (TPSA) is 75.6 Å². The van der Waals surface area contributed by atoms with Crippen LogP contribution in [0.3, 0.4) is 0 Å². The number of ether oxygens (including phenoxy) is 1. The summed E-state index contributed by atoms with van der Waals surface area (Å²) in [6.45, 7) is 7.50. The van der Waals surface area contributed by atoms with Crippen LogP contribution in [0.4, 0.5) is 0 Å². The smallest absolute Gasteiger partial charge is 0.257 e. The summed E-state index contributed by atoms with van der Waals surface area (Å²) in [6, 6.07) is 0. The summed E-state index contributed by atoms with van der Waals surface area (Å²) >= 11 is 0. The van der Waals surface area contributed by atoms with Gasteiger partial charge in [-0.3, -0.25) is 9.59 Å². The number of aryl methyl sites for hydroxylation is 2. The molecule has 0 saturated carbocycles. The van der Waals surface area contributed by atoms with E-state index in [1.807, 2.05) is 23.6 Å². The summed E-state index contributed by atoms with van der Waals surface area (Å²) in [7, 11) is 0. The highest BCUT2D eigenvalue weighted by Gasteiger charge is 2.42. The lowest BCUT2D eigenvalue weighted by Crippen LogP contribution is -2.53. The first-order chi connectivity index (χ1) is 13.5. The molecule has 0 aromatic carbocycles. The fraction of sp³-hybridized carbons (Fsp3) is 0.714. The second-order valence-electron chi connectivity index (χ2n) is 8.62. The van der Waals surface area contributed by atoms with Crippen LogP contribution in [0.1, 0.15) is 60.4 Å². The zero-order valence-electron chi connectivity index (χ0n) is 16.9. The van der Waals surface area contributed by atoms with Gasteiger partial charge in [0, 0.05) is 45.4 Å². The molecule has 3 saturated heterocycles. The van der Waals surface area contributed by atoms with Crippen molar-refractivity contribution in [1.82, 2.24) is 19.8 Å². The SMILES string of the molecule is Cc1ncc(C(=O)N2CCC3(CCC(=O)N(CC4CCCO4)C3)CC2)c(C)n1. The number of piperidine rings is 2. The molecule has 1 aromatic rings. The molecule has 3 aliphatic heterocycles. The van der Waals surface area contributed by atoms with Crippen LogP contribution in [-0.2, 0) is 9.53 Å². The zero-order valence-corrected chi connectivity index (χ0v) is 16.9. The number of nitrogens with zero attached hydrogens (tertiary/aromatic N) is 4. The molecule has 4 rings (SSSR count). The van der Waals surface area contributed by atoms with Crippen LogP contribution >= 0.6 is 0 Å². The molecule has 1 unspecified atom stereocenters. The average Bonchev–Trinajstić information content (AvgIpc) is 3.18. The van der Waals surface area contributed by atoms with Crippen LogP contribution in [0.5, 0.6) is 0 Å². The number of amides is 2. The van der Waals surface area contributed by atoms with Gasteiger partial charge in [-0.15, -0.1) is 0 Å². The molecular weight excluding hydrogens is 356 g/mol. The van der Waals surface area contributed by atoms with Crippen molar-refractivity contribution < 1.29 is 14.3 Å². The van der Waals surface area contributed by atoms with E-state index in [1.54, 1.807) is 6.20 Å². The minimum absolute atomic E-state index is 0.0236. The monoisotopic (exact) mass is 386 g/mol. The fourth-order valence-corrected chi connectivity index (χ4v) is 4.86. The highest BCUT2D eigenvalue weighted by molar-refractivity contribution is 5.95. The third-order valence-corrected chi connectivity index (χ3v) is 6.64. The quantitative estimate of drug-likeness (QED) is 0.795. The summed E-state index contributed by atoms with van der Waals surface area (Å²) in [5.74, 6) is 0.965. The van der Waals surface area contributed by atoms with Gasteiger partial charge in [-0.25, -0.2) is 9.97 Å². The minimum Gasteiger partial charge on any atom is -0.376 e. The number of rotatable bonds is 3. The van der Waals surface area contributed by atoms with Crippen molar-refractivity contribution in [3.63, 3.8) is 0 Å². The molecule has 0 bridgehead atoms. The van der Waals surface area contributed by atoms with Gasteiger partial charge in [-0.05, 0) is 51.4 Å². The van der Waals surface area contributed by atoms with Gasteiger partial charge in [0.05, 0.1) is 17.4 Å². The maximum atomic E-state index is 12.9. The Kier molecular flexibility index (Phi) is 5.36. The molecule has 28 heavy (non-hydrogen) atoms. The van der Waals surface area contributed by atoms with Crippen molar-refractivity contribution >= 4 is 11.8 Å². The van der Waals surface area contributed by atoms with E-state index in [2.05, 4.69) is 9.97 Å². The Morgan fingerprint density at radius 2 is 2.07 bits per heavy atom. The average molecular weight is 386 g/mol. The molecule has 0 aliphatic carbocycles. The van der Waals surface area contributed by atoms with E-state index >= 15 is 0 Å². The van der Waals surface area contributed by atoms with Crippen LogP contribution < -0.4 is 0 Å². The molecule has 1 aromatic heterocycles. The van der Waals surface area contributed by atoms with Gasteiger partial charge in [-0.2, -0.15) is 0 Å². The second-order valence-corrected chi connectivity index (χ2v) is 8.62. The van der Waals surface area contributed by atoms with Crippen LogP contribution in [0, 0.1) is 19.3 Å². The number of hydrogen-bond donors (Lipinski definition) is 0. The Bertz CT molecular complexity index is 752. The van der Waals surface area contributed by atoms with Gasteiger partial charge in [0.2, 0.25) is 5.91 Å². The predicted molar refractivity (Wildman–Crippen MR) is 104 cm³/mol. The Morgan fingerprint density at radius 1 is 1.29 bits per heavy atom. The van der Waals surface area contributed by atoms with E-state index in [0.29, 0.717) is 17.8 Å². The van der Waals surface area contributed by atoms with Gasteiger partial charge in [0.15, 0.2) is 0 Å². The van der Waals surface area contributed by atoms with Crippen LogP contribution in [-0.4, -0.2) is 70.5 Å². The first-order valence-corrected chi connectivity index (χ1v) is 10.4. The molecule has 7 nitrogen and oxygen atoms in total. The fourth-order valence-electron chi connectivity index (χ4n) is 4.86. The maximum Gasteiger partial charge on any atom is 0.257 e. The van der Waals surface area contributed by atoms with Crippen LogP contribution in [0.2, 0.25) is 0 Å². The summed E-state index contributed by atoms with van der Waals surface area (Å²) in [5, 5.41) is 0. The maximum absolute atomic E-state index is 12.9. The van der Waals surface area contributed by atoms with Gasteiger partial charge >= 0.3 is 0 Å². The highest BCUT2D eigenvalue weighted by atomic mass is 16.5. The number of carbonyl (C=O) groups excluding carboxylic acids is 2. The van der Waals surface area contributed by atoms with Gasteiger partial charge in [-0.1, -0.05) is 0 Å². The summed E-state index contributed by atoms with van der Waals surface area (Å²) < 4.78 is 5.74. The van der Waals surface area contributed by atoms with E-state index < -0.39 is 0 Å². The number of likely N-dealkylation sites (tertiary alicyclic amines) is 2. The van der Waals surface area contributed by atoms with Crippen molar-refractivity contribution in [2.24, 2.45) is 5.41 Å². The van der Waals surface area contributed by atoms with E-state index in [9.17, 15) is 9.59 Å². The van der Waals surface area contributed by atoms with Crippen molar-refractivity contribution in [2.75, 3.05) is 32.8 Å². The Labute approximate surface area is 166 Å². The molecular formula is C21H30N4O3. The van der Waals surface area contributed by atoms with Gasteiger partial charge in [0.1, 0.15) is 5.82 Å². The summed E-state index contributed by atoms with van der Waals surface area (Å²) in [4.78, 5) is 37.8. The summed E-state index contributed by atoms with van der Waals surface area (Å²) in [5.41, 5.74) is 1.48. The van der Waals surface area contributed by atoms with E-state index in [4.69, 9.17) is 4.74 Å². The molecule has 4 heterocycles. The number of carbonyl (C=O) groups is 2. The van der Waals surface area contributed by atoms with Crippen LogP contribution in [0.15, 0.2) is 6.20 Å². The molecule has 1 spiro atoms. The van der Waals surface area contributed by atoms with Crippen molar-refractivity contribution in [2.45, 2.75) is 58.5 Å². The van der Waals surface area contributed by atoms with E-state index in [-0.39, 0.29) is 23.3 Å². The van der Waals surface area contributed by atoms with Gasteiger partial charge < -0.3 is 14.5 Å². The first kappa shape index (κ1) is 19.3. The van der Waals surface area contributed by atoms with E-state index in [0.717, 1.165) is 70.6 Å². The largest absolute Gasteiger partial charge is 0.376 e. The molecule has 0 radical (unpaired) electrons. The van der Waals surface area contributed by atoms with Crippen molar-refractivity contribution in [3.05, 3.63) is 23.3 Å². The predicted octanol–water partition coefficient (Wildman–Crippen LogP) is 2.12. The molecule has 2 amide bonds. The highest BCUT2D eigenvalue weighted by Crippen LogP contribution is 2.40. The lowest BCUT2D eigenvalue weighted by molar-refractivity contribution is -0.141. The summed E-state index contributed by atoms with van der Waals surface area (Å²) in [6.07, 6.45) is 7.43. The normalized spacial score (nSPS) is 24.8. The Hall–Kier alpha value is -2.02. The number of hydrogen-bond acceptors (Lipinski definition) is 5. The molecule has 7 heteroatoms. The lowest BCUT2D eigenvalue weighted by atomic mass is 9.72. The Balaban J connectivity index is 1.38. The standard InChI is InChI=1S/C21H30N4O3/c1-15-18(12-22-16(2)23-15)20(27)24-9-7-21(8-10-24)6-5-19(26)25(14-21)13-17-4-3-11-28-17/h12,17H,3-11,13-14H2,1-2H3. The second kappa shape index (κ2) is 7.78. The third-order valence-electron chi connectivity index (χ3n) is 6.64. The molecule has 3 aliphatic rings.